The Bertz CT molecular complexity index is 560. The van der Waals surface area contributed by atoms with Crippen molar-refractivity contribution in [3.8, 4) is 11.3 Å². The highest BCUT2D eigenvalue weighted by molar-refractivity contribution is 6.31. The number of nitrogens with zero attached hydrogens (tertiary/aromatic N) is 1. The Kier molecular flexibility index (Phi) is 3.36. The number of aromatic nitrogens is 1. The topological polar surface area (TPSA) is 33.1 Å². The molecule has 0 fully saturated rings. The van der Waals surface area contributed by atoms with Crippen molar-refractivity contribution >= 4 is 11.6 Å². The van der Waals surface area contributed by atoms with Crippen LogP contribution < -0.4 is 0 Å². The minimum Gasteiger partial charge on any atom is -0.390 e. The SMILES string of the molecule is OCc1nc(-c2cccc(F)c2F)ccc1Cl. The summed E-state index contributed by atoms with van der Waals surface area (Å²) in [6.45, 7) is -0.358. The van der Waals surface area contributed by atoms with Gasteiger partial charge in [0, 0.05) is 5.56 Å². The lowest BCUT2D eigenvalue weighted by molar-refractivity contribution is 0.277. The van der Waals surface area contributed by atoms with Crippen LogP contribution in [-0.4, -0.2) is 10.1 Å². The Labute approximate surface area is 102 Å². The van der Waals surface area contributed by atoms with Gasteiger partial charge in [-0.1, -0.05) is 17.7 Å². The highest BCUT2D eigenvalue weighted by atomic mass is 35.5. The van der Waals surface area contributed by atoms with Crippen LogP contribution in [-0.2, 0) is 6.61 Å². The summed E-state index contributed by atoms with van der Waals surface area (Å²) in [5.41, 5.74) is 0.500. The number of hydrogen-bond acceptors (Lipinski definition) is 2. The molecular formula is C12H8ClF2NO. The monoisotopic (exact) mass is 255 g/mol. The minimum atomic E-state index is -0.966. The zero-order valence-corrected chi connectivity index (χ0v) is 9.38. The predicted molar refractivity (Wildman–Crippen MR) is 60.5 cm³/mol. The Balaban J connectivity index is 2.57. The fraction of sp³-hybridized carbons (Fsp3) is 0.0833. The molecule has 0 radical (unpaired) electrons. The van der Waals surface area contributed by atoms with E-state index in [0.717, 1.165) is 6.07 Å². The predicted octanol–water partition coefficient (Wildman–Crippen LogP) is 3.17. The minimum absolute atomic E-state index is 0.0383. The molecule has 5 heteroatoms. The van der Waals surface area contributed by atoms with Gasteiger partial charge in [0.25, 0.3) is 0 Å². The van der Waals surface area contributed by atoms with Gasteiger partial charge in [-0.15, -0.1) is 0 Å². The number of pyridine rings is 1. The summed E-state index contributed by atoms with van der Waals surface area (Å²) >= 11 is 5.76. The molecule has 0 aliphatic carbocycles. The normalized spacial score (nSPS) is 10.6. The van der Waals surface area contributed by atoms with Crippen LogP contribution in [0, 0.1) is 11.6 Å². The molecule has 0 atom stereocenters. The largest absolute Gasteiger partial charge is 0.390 e. The molecule has 0 spiro atoms. The van der Waals surface area contributed by atoms with Crippen LogP contribution >= 0.6 is 11.6 Å². The average molecular weight is 256 g/mol. The average Bonchev–Trinajstić information content (AvgIpc) is 2.34. The lowest BCUT2D eigenvalue weighted by atomic mass is 10.1. The number of rotatable bonds is 2. The van der Waals surface area contributed by atoms with E-state index in [1.54, 1.807) is 0 Å². The maximum Gasteiger partial charge on any atom is 0.168 e. The second-order valence-electron chi connectivity index (χ2n) is 3.38. The van der Waals surface area contributed by atoms with Gasteiger partial charge >= 0.3 is 0 Å². The molecule has 1 heterocycles. The van der Waals surface area contributed by atoms with E-state index in [-0.39, 0.29) is 28.6 Å². The highest BCUT2D eigenvalue weighted by Gasteiger charge is 2.12. The van der Waals surface area contributed by atoms with Crippen molar-refractivity contribution in [3.63, 3.8) is 0 Å². The molecule has 2 aromatic rings. The summed E-state index contributed by atoms with van der Waals surface area (Å²) in [5.74, 6) is -1.91. The van der Waals surface area contributed by atoms with Crippen LogP contribution in [0.2, 0.25) is 5.02 Å². The number of aliphatic hydroxyl groups excluding tert-OH is 1. The standard InChI is InChI=1S/C12H8ClF2NO/c13-8-4-5-10(16-11(8)6-17)7-2-1-3-9(14)12(7)15/h1-5,17H,6H2. The van der Waals surface area contributed by atoms with Crippen molar-refractivity contribution in [2.24, 2.45) is 0 Å². The molecule has 1 aromatic heterocycles. The molecule has 0 aliphatic heterocycles. The van der Waals surface area contributed by atoms with Crippen LogP contribution in [0.5, 0.6) is 0 Å². The maximum atomic E-state index is 13.5. The van der Waals surface area contributed by atoms with Crippen molar-refractivity contribution in [3.05, 3.63) is 52.7 Å². The van der Waals surface area contributed by atoms with Crippen LogP contribution in [0.15, 0.2) is 30.3 Å². The Morgan fingerprint density at radius 1 is 1.18 bits per heavy atom. The summed E-state index contributed by atoms with van der Waals surface area (Å²) in [6, 6.07) is 6.79. The number of benzene rings is 1. The van der Waals surface area contributed by atoms with Crippen molar-refractivity contribution < 1.29 is 13.9 Å². The van der Waals surface area contributed by atoms with Gasteiger partial charge in [0.1, 0.15) is 0 Å². The second-order valence-corrected chi connectivity index (χ2v) is 3.79. The molecule has 1 N–H and O–H groups in total. The Morgan fingerprint density at radius 3 is 2.65 bits per heavy atom. The van der Waals surface area contributed by atoms with Gasteiger partial charge in [0.15, 0.2) is 11.6 Å². The van der Waals surface area contributed by atoms with E-state index in [4.69, 9.17) is 16.7 Å². The summed E-state index contributed by atoms with van der Waals surface area (Å²) < 4.78 is 26.6. The van der Waals surface area contributed by atoms with Gasteiger partial charge in [0.2, 0.25) is 0 Å². The molecule has 0 bridgehead atoms. The first-order valence-corrected chi connectivity index (χ1v) is 5.22. The number of halogens is 3. The fourth-order valence-corrected chi connectivity index (χ4v) is 1.61. The van der Waals surface area contributed by atoms with Gasteiger partial charge in [-0.2, -0.15) is 0 Å². The first-order chi connectivity index (χ1) is 8.13. The van der Waals surface area contributed by atoms with Crippen molar-refractivity contribution in [2.45, 2.75) is 6.61 Å². The summed E-state index contributed by atoms with van der Waals surface area (Å²) in [7, 11) is 0. The smallest absolute Gasteiger partial charge is 0.168 e. The molecule has 0 saturated carbocycles. The van der Waals surface area contributed by atoms with Gasteiger partial charge < -0.3 is 5.11 Å². The third-order valence-corrected chi connectivity index (χ3v) is 2.64. The van der Waals surface area contributed by atoms with Crippen molar-refractivity contribution in [1.82, 2.24) is 4.98 Å². The van der Waals surface area contributed by atoms with Crippen LogP contribution in [0.1, 0.15) is 5.69 Å². The molecule has 0 amide bonds. The third kappa shape index (κ3) is 2.28. The number of hydrogen-bond donors (Lipinski definition) is 1. The molecule has 17 heavy (non-hydrogen) atoms. The van der Waals surface area contributed by atoms with E-state index in [9.17, 15) is 8.78 Å². The molecular weight excluding hydrogens is 248 g/mol. The first-order valence-electron chi connectivity index (χ1n) is 4.84. The van der Waals surface area contributed by atoms with Crippen LogP contribution in [0.25, 0.3) is 11.3 Å². The lowest BCUT2D eigenvalue weighted by Crippen LogP contribution is -1.96. The fourth-order valence-electron chi connectivity index (χ4n) is 1.45. The molecule has 2 nitrogen and oxygen atoms in total. The molecule has 0 unspecified atom stereocenters. The van der Waals surface area contributed by atoms with E-state index in [0.29, 0.717) is 0 Å². The Morgan fingerprint density at radius 2 is 1.94 bits per heavy atom. The molecule has 1 aromatic carbocycles. The van der Waals surface area contributed by atoms with Gasteiger partial charge in [-0.25, -0.2) is 13.8 Å². The molecule has 2 rings (SSSR count). The van der Waals surface area contributed by atoms with Gasteiger partial charge in [-0.05, 0) is 24.3 Å². The van der Waals surface area contributed by atoms with Crippen molar-refractivity contribution in [1.29, 1.82) is 0 Å². The van der Waals surface area contributed by atoms with Gasteiger partial charge in [-0.3, -0.25) is 0 Å². The summed E-state index contributed by atoms with van der Waals surface area (Å²) in [4.78, 5) is 3.97. The van der Waals surface area contributed by atoms with Crippen LogP contribution in [0.4, 0.5) is 8.78 Å². The quantitative estimate of drug-likeness (QED) is 0.894. The van der Waals surface area contributed by atoms with E-state index in [1.165, 1.54) is 24.3 Å². The lowest BCUT2D eigenvalue weighted by Gasteiger charge is -2.06. The zero-order valence-electron chi connectivity index (χ0n) is 8.62. The summed E-state index contributed by atoms with van der Waals surface area (Å²) in [6.07, 6.45) is 0. The molecule has 0 saturated heterocycles. The van der Waals surface area contributed by atoms with Gasteiger partial charge in [0.05, 0.1) is 23.0 Å². The van der Waals surface area contributed by atoms with E-state index >= 15 is 0 Å². The second kappa shape index (κ2) is 4.77. The van der Waals surface area contributed by atoms with E-state index in [2.05, 4.69) is 4.98 Å². The van der Waals surface area contributed by atoms with Crippen molar-refractivity contribution in [2.75, 3.05) is 0 Å². The maximum absolute atomic E-state index is 13.5. The van der Waals surface area contributed by atoms with E-state index < -0.39 is 11.6 Å². The zero-order chi connectivity index (χ0) is 12.4. The van der Waals surface area contributed by atoms with Crippen LogP contribution in [0.3, 0.4) is 0 Å². The third-order valence-electron chi connectivity index (χ3n) is 2.30. The molecule has 0 aliphatic rings. The highest BCUT2D eigenvalue weighted by Crippen LogP contribution is 2.25. The van der Waals surface area contributed by atoms with E-state index in [1.807, 2.05) is 0 Å². The Hall–Kier alpha value is -1.52. The molecule has 88 valence electrons. The summed E-state index contributed by atoms with van der Waals surface area (Å²) in [5, 5.41) is 9.28. The first kappa shape index (κ1) is 12.0. The number of aliphatic hydroxyl groups is 1.